The Hall–Kier alpha value is -1.68. The Morgan fingerprint density at radius 1 is 1.28 bits per heavy atom. The highest BCUT2D eigenvalue weighted by atomic mass is 32.1. The van der Waals surface area contributed by atoms with E-state index in [4.69, 9.17) is 0 Å². The van der Waals surface area contributed by atoms with Crippen molar-refractivity contribution in [2.24, 2.45) is 0 Å². The topological polar surface area (TPSA) is 42.0 Å². The number of amides is 1. The molecular formula is C14H16N2OS. The molecule has 1 heterocycles. The third-order valence-corrected chi connectivity index (χ3v) is 3.59. The summed E-state index contributed by atoms with van der Waals surface area (Å²) in [6, 6.07) is 7.81. The number of nitrogens with one attached hydrogen (secondary N) is 1. The van der Waals surface area contributed by atoms with Crippen molar-refractivity contribution in [2.45, 2.75) is 26.7 Å². The molecule has 94 valence electrons. The van der Waals surface area contributed by atoms with E-state index in [0.29, 0.717) is 12.8 Å². The van der Waals surface area contributed by atoms with Crippen molar-refractivity contribution in [3.63, 3.8) is 0 Å². The number of thiazole rings is 1. The summed E-state index contributed by atoms with van der Waals surface area (Å²) >= 11 is 1.61. The van der Waals surface area contributed by atoms with Crippen LogP contribution >= 0.6 is 11.3 Å². The number of benzene rings is 1. The first-order valence-electron chi connectivity index (χ1n) is 5.91. The van der Waals surface area contributed by atoms with E-state index in [-0.39, 0.29) is 5.91 Å². The molecular weight excluding hydrogens is 244 g/mol. The first-order valence-corrected chi connectivity index (χ1v) is 6.79. The van der Waals surface area contributed by atoms with Crippen LogP contribution in [0.5, 0.6) is 0 Å². The number of hydrogen-bond donors (Lipinski definition) is 1. The van der Waals surface area contributed by atoms with Gasteiger partial charge in [-0.05, 0) is 26.0 Å². The maximum atomic E-state index is 11.7. The lowest BCUT2D eigenvalue weighted by Gasteiger charge is -2.04. The summed E-state index contributed by atoms with van der Waals surface area (Å²) in [5, 5.41) is 5.91. The van der Waals surface area contributed by atoms with Crippen LogP contribution in [0.1, 0.15) is 22.7 Å². The number of aromatic nitrogens is 1. The molecule has 0 aliphatic carbocycles. The minimum Gasteiger partial charge on any atom is -0.326 e. The van der Waals surface area contributed by atoms with Crippen molar-refractivity contribution >= 4 is 22.9 Å². The SMILES string of the molecule is Cc1ccc(NC(=O)CCc2nc(C)cs2)cc1. The molecule has 1 amide bonds. The minimum atomic E-state index is 0.0340. The average Bonchev–Trinajstić information content (AvgIpc) is 2.76. The predicted octanol–water partition coefficient (Wildman–Crippen LogP) is 3.33. The van der Waals surface area contributed by atoms with Gasteiger partial charge in [0.1, 0.15) is 0 Å². The van der Waals surface area contributed by atoms with E-state index in [1.165, 1.54) is 5.56 Å². The predicted molar refractivity (Wildman–Crippen MR) is 75.0 cm³/mol. The number of aryl methyl sites for hydroxylation is 3. The van der Waals surface area contributed by atoms with Crippen molar-refractivity contribution < 1.29 is 4.79 Å². The van der Waals surface area contributed by atoms with Crippen LogP contribution in [0.3, 0.4) is 0 Å². The second-order valence-corrected chi connectivity index (χ2v) is 5.24. The van der Waals surface area contributed by atoms with Crippen LogP contribution < -0.4 is 5.32 Å². The summed E-state index contributed by atoms with van der Waals surface area (Å²) in [5.41, 5.74) is 3.06. The minimum absolute atomic E-state index is 0.0340. The molecule has 0 atom stereocenters. The smallest absolute Gasteiger partial charge is 0.224 e. The molecule has 0 unspecified atom stereocenters. The molecule has 0 fully saturated rings. The van der Waals surface area contributed by atoms with Gasteiger partial charge in [0.25, 0.3) is 0 Å². The lowest BCUT2D eigenvalue weighted by Crippen LogP contribution is -2.12. The van der Waals surface area contributed by atoms with Crippen molar-refractivity contribution in [3.05, 3.63) is 45.9 Å². The fraction of sp³-hybridized carbons (Fsp3) is 0.286. The van der Waals surface area contributed by atoms with Gasteiger partial charge < -0.3 is 5.32 Å². The largest absolute Gasteiger partial charge is 0.326 e. The van der Waals surface area contributed by atoms with Gasteiger partial charge in [0.2, 0.25) is 5.91 Å². The molecule has 1 N–H and O–H groups in total. The molecule has 3 nitrogen and oxygen atoms in total. The van der Waals surface area contributed by atoms with Crippen LogP contribution in [0.25, 0.3) is 0 Å². The van der Waals surface area contributed by atoms with E-state index >= 15 is 0 Å². The number of hydrogen-bond acceptors (Lipinski definition) is 3. The summed E-state index contributed by atoms with van der Waals surface area (Å²) in [6.07, 6.45) is 1.18. The maximum Gasteiger partial charge on any atom is 0.224 e. The van der Waals surface area contributed by atoms with Crippen LogP contribution in [0, 0.1) is 13.8 Å². The van der Waals surface area contributed by atoms with E-state index in [1.807, 2.05) is 43.5 Å². The fourth-order valence-electron chi connectivity index (χ4n) is 1.60. The Morgan fingerprint density at radius 3 is 2.61 bits per heavy atom. The highest BCUT2D eigenvalue weighted by molar-refractivity contribution is 7.09. The van der Waals surface area contributed by atoms with Crippen LogP contribution in [-0.4, -0.2) is 10.9 Å². The van der Waals surface area contributed by atoms with E-state index in [0.717, 1.165) is 16.4 Å². The molecule has 0 aliphatic rings. The Balaban J connectivity index is 1.83. The molecule has 1 aromatic heterocycles. The molecule has 18 heavy (non-hydrogen) atoms. The van der Waals surface area contributed by atoms with E-state index in [9.17, 15) is 4.79 Å². The Bertz CT molecular complexity index is 531. The lowest BCUT2D eigenvalue weighted by molar-refractivity contribution is -0.116. The van der Waals surface area contributed by atoms with Gasteiger partial charge >= 0.3 is 0 Å². The van der Waals surface area contributed by atoms with Crippen molar-refractivity contribution in [1.29, 1.82) is 0 Å². The van der Waals surface area contributed by atoms with E-state index in [1.54, 1.807) is 11.3 Å². The molecule has 2 aromatic rings. The third kappa shape index (κ3) is 3.67. The Kier molecular flexibility index (Phi) is 4.10. The zero-order chi connectivity index (χ0) is 13.0. The van der Waals surface area contributed by atoms with Gasteiger partial charge in [0.05, 0.1) is 5.01 Å². The quantitative estimate of drug-likeness (QED) is 0.916. The summed E-state index contributed by atoms with van der Waals surface area (Å²) < 4.78 is 0. The standard InChI is InChI=1S/C14H16N2OS/c1-10-3-5-12(6-4-10)16-13(17)7-8-14-15-11(2)9-18-14/h3-6,9H,7-8H2,1-2H3,(H,16,17). The second-order valence-electron chi connectivity index (χ2n) is 4.30. The average molecular weight is 260 g/mol. The van der Waals surface area contributed by atoms with Crippen LogP contribution in [0.15, 0.2) is 29.6 Å². The first kappa shape index (κ1) is 12.8. The maximum absolute atomic E-state index is 11.7. The van der Waals surface area contributed by atoms with Gasteiger partial charge in [-0.25, -0.2) is 4.98 Å². The molecule has 0 aliphatic heterocycles. The van der Waals surface area contributed by atoms with Gasteiger partial charge in [-0.3, -0.25) is 4.79 Å². The van der Waals surface area contributed by atoms with Gasteiger partial charge in [0, 0.05) is 29.6 Å². The number of carbonyl (C=O) groups is 1. The Morgan fingerprint density at radius 2 is 2.00 bits per heavy atom. The molecule has 1 aromatic carbocycles. The number of carbonyl (C=O) groups excluding carboxylic acids is 1. The first-order chi connectivity index (χ1) is 8.63. The monoisotopic (exact) mass is 260 g/mol. The van der Waals surface area contributed by atoms with Crippen molar-refractivity contribution in [3.8, 4) is 0 Å². The molecule has 4 heteroatoms. The molecule has 0 spiro atoms. The number of anilines is 1. The fourth-order valence-corrected chi connectivity index (χ4v) is 2.37. The van der Waals surface area contributed by atoms with Gasteiger partial charge in [-0.2, -0.15) is 0 Å². The molecule has 2 rings (SSSR count). The number of nitrogens with zero attached hydrogens (tertiary/aromatic N) is 1. The summed E-state index contributed by atoms with van der Waals surface area (Å²) in [4.78, 5) is 16.1. The van der Waals surface area contributed by atoms with Crippen molar-refractivity contribution in [1.82, 2.24) is 4.98 Å². The van der Waals surface area contributed by atoms with Gasteiger partial charge in [-0.15, -0.1) is 11.3 Å². The van der Waals surface area contributed by atoms with Crippen LogP contribution in [0.4, 0.5) is 5.69 Å². The lowest BCUT2D eigenvalue weighted by atomic mass is 10.2. The van der Waals surface area contributed by atoms with E-state index in [2.05, 4.69) is 10.3 Å². The summed E-state index contributed by atoms with van der Waals surface area (Å²) in [7, 11) is 0. The van der Waals surface area contributed by atoms with E-state index < -0.39 is 0 Å². The van der Waals surface area contributed by atoms with Crippen LogP contribution in [-0.2, 0) is 11.2 Å². The zero-order valence-electron chi connectivity index (χ0n) is 10.6. The van der Waals surface area contributed by atoms with Crippen LogP contribution in [0.2, 0.25) is 0 Å². The van der Waals surface area contributed by atoms with Gasteiger partial charge in [0.15, 0.2) is 0 Å². The molecule has 0 radical (unpaired) electrons. The highest BCUT2D eigenvalue weighted by Gasteiger charge is 2.05. The second kappa shape index (κ2) is 5.78. The third-order valence-electron chi connectivity index (χ3n) is 2.57. The normalized spacial score (nSPS) is 10.3. The van der Waals surface area contributed by atoms with Gasteiger partial charge in [-0.1, -0.05) is 17.7 Å². The van der Waals surface area contributed by atoms with Crippen molar-refractivity contribution in [2.75, 3.05) is 5.32 Å². The summed E-state index contributed by atoms with van der Waals surface area (Å²) in [5.74, 6) is 0.0340. The highest BCUT2D eigenvalue weighted by Crippen LogP contribution is 2.12. The zero-order valence-corrected chi connectivity index (χ0v) is 11.4. The molecule has 0 saturated carbocycles. The summed E-state index contributed by atoms with van der Waals surface area (Å²) in [6.45, 7) is 3.99. The molecule has 0 bridgehead atoms. The molecule has 0 saturated heterocycles. The Labute approximate surface area is 111 Å². The number of rotatable bonds is 4.